The molecule has 1 saturated heterocycles. The zero-order valence-corrected chi connectivity index (χ0v) is 15.1. The molecular formula is C21H24N2O3. The highest BCUT2D eigenvalue weighted by Gasteiger charge is 2.22. The molecule has 5 heteroatoms. The monoisotopic (exact) mass is 352 g/mol. The van der Waals surface area contributed by atoms with Crippen molar-refractivity contribution in [2.24, 2.45) is 0 Å². The van der Waals surface area contributed by atoms with E-state index in [0.29, 0.717) is 37.4 Å². The number of carbonyl (C=O) groups is 2. The zero-order valence-electron chi connectivity index (χ0n) is 15.1. The molecule has 0 radical (unpaired) electrons. The third-order valence-electron chi connectivity index (χ3n) is 4.52. The van der Waals surface area contributed by atoms with Gasteiger partial charge in [0.2, 0.25) is 5.91 Å². The summed E-state index contributed by atoms with van der Waals surface area (Å²) in [5, 5.41) is 0. The standard InChI is InChI=1S/C21H24N2O3/c1-2-20(24)22-13-6-14-23(16-15-22)21(25)17-9-11-19(12-10-17)26-18-7-4-3-5-8-18/h3-5,7-12H,2,6,13-16H2,1H3. The van der Waals surface area contributed by atoms with Crippen molar-refractivity contribution < 1.29 is 14.3 Å². The summed E-state index contributed by atoms with van der Waals surface area (Å²) < 4.78 is 5.76. The van der Waals surface area contributed by atoms with Gasteiger partial charge in [-0.15, -0.1) is 0 Å². The summed E-state index contributed by atoms with van der Waals surface area (Å²) in [4.78, 5) is 28.3. The normalized spacial score (nSPS) is 14.7. The quantitative estimate of drug-likeness (QED) is 0.845. The lowest BCUT2D eigenvalue weighted by molar-refractivity contribution is -0.130. The minimum absolute atomic E-state index is 0.00191. The third kappa shape index (κ3) is 4.42. The van der Waals surface area contributed by atoms with E-state index in [1.807, 2.05) is 59.2 Å². The molecule has 0 unspecified atom stereocenters. The van der Waals surface area contributed by atoms with Crippen molar-refractivity contribution in [3.05, 3.63) is 60.2 Å². The van der Waals surface area contributed by atoms with Crippen LogP contribution in [0.4, 0.5) is 0 Å². The number of carbonyl (C=O) groups excluding carboxylic acids is 2. The summed E-state index contributed by atoms with van der Waals surface area (Å²) in [6.45, 7) is 4.45. The van der Waals surface area contributed by atoms with Gasteiger partial charge in [0.15, 0.2) is 0 Å². The van der Waals surface area contributed by atoms with Crippen LogP contribution in [0, 0.1) is 0 Å². The van der Waals surface area contributed by atoms with Crippen LogP contribution in [0.2, 0.25) is 0 Å². The second kappa shape index (κ2) is 8.52. The van der Waals surface area contributed by atoms with E-state index in [1.54, 1.807) is 12.1 Å². The first-order valence-corrected chi connectivity index (χ1v) is 9.07. The van der Waals surface area contributed by atoms with Gasteiger partial charge in [0.25, 0.3) is 5.91 Å². The molecule has 1 aliphatic rings. The SMILES string of the molecule is CCC(=O)N1CCCN(C(=O)c2ccc(Oc3ccccc3)cc2)CC1. The molecule has 2 aromatic carbocycles. The summed E-state index contributed by atoms with van der Waals surface area (Å²) in [5.74, 6) is 1.62. The Kier molecular flexibility index (Phi) is 5.89. The Morgan fingerprint density at radius 3 is 2.15 bits per heavy atom. The fraction of sp³-hybridized carbons (Fsp3) is 0.333. The lowest BCUT2D eigenvalue weighted by Crippen LogP contribution is -2.37. The average Bonchev–Trinajstić information content (AvgIpc) is 2.94. The van der Waals surface area contributed by atoms with E-state index in [0.717, 1.165) is 18.7 Å². The van der Waals surface area contributed by atoms with Crippen LogP contribution in [0.25, 0.3) is 0 Å². The van der Waals surface area contributed by atoms with Crippen LogP contribution in [-0.2, 0) is 4.79 Å². The lowest BCUT2D eigenvalue weighted by Gasteiger charge is -2.22. The first-order valence-electron chi connectivity index (χ1n) is 9.07. The third-order valence-corrected chi connectivity index (χ3v) is 4.52. The van der Waals surface area contributed by atoms with Crippen molar-refractivity contribution in [2.45, 2.75) is 19.8 Å². The average molecular weight is 352 g/mol. The molecule has 0 aromatic heterocycles. The summed E-state index contributed by atoms with van der Waals surface area (Å²) in [5.41, 5.74) is 0.640. The van der Waals surface area contributed by atoms with E-state index in [4.69, 9.17) is 4.74 Å². The Morgan fingerprint density at radius 1 is 0.846 bits per heavy atom. The van der Waals surface area contributed by atoms with Gasteiger partial charge in [0.1, 0.15) is 11.5 Å². The van der Waals surface area contributed by atoms with Gasteiger partial charge in [-0.3, -0.25) is 9.59 Å². The van der Waals surface area contributed by atoms with Crippen LogP contribution < -0.4 is 4.74 Å². The van der Waals surface area contributed by atoms with Gasteiger partial charge < -0.3 is 14.5 Å². The molecule has 1 heterocycles. The Bertz CT molecular complexity index is 744. The van der Waals surface area contributed by atoms with Crippen molar-refractivity contribution >= 4 is 11.8 Å². The Labute approximate surface area is 154 Å². The number of ether oxygens (including phenoxy) is 1. The van der Waals surface area contributed by atoms with Crippen molar-refractivity contribution in [1.29, 1.82) is 0 Å². The van der Waals surface area contributed by atoms with E-state index >= 15 is 0 Å². The number of hydrogen-bond acceptors (Lipinski definition) is 3. The van der Waals surface area contributed by atoms with Crippen LogP contribution in [0.3, 0.4) is 0 Å². The molecule has 1 aliphatic heterocycles. The Morgan fingerprint density at radius 2 is 1.46 bits per heavy atom. The number of rotatable bonds is 4. The second-order valence-corrected chi connectivity index (χ2v) is 6.32. The Balaban J connectivity index is 1.62. The van der Waals surface area contributed by atoms with E-state index in [-0.39, 0.29) is 11.8 Å². The minimum atomic E-state index is 0.00191. The largest absolute Gasteiger partial charge is 0.457 e. The molecule has 0 bridgehead atoms. The molecule has 2 aromatic rings. The van der Waals surface area contributed by atoms with Gasteiger partial charge in [0.05, 0.1) is 0 Å². The molecule has 0 N–H and O–H groups in total. The van der Waals surface area contributed by atoms with E-state index < -0.39 is 0 Å². The smallest absolute Gasteiger partial charge is 0.253 e. The predicted octanol–water partition coefficient (Wildman–Crippen LogP) is 3.56. The first kappa shape index (κ1) is 18.0. The highest BCUT2D eigenvalue weighted by molar-refractivity contribution is 5.94. The van der Waals surface area contributed by atoms with Crippen LogP contribution in [-0.4, -0.2) is 47.8 Å². The van der Waals surface area contributed by atoms with Crippen molar-refractivity contribution in [2.75, 3.05) is 26.2 Å². The molecular weight excluding hydrogens is 328 g/mol. The second-order valence-electron chi connectivity index (χ2n) is 6.32. The van der Waals surface area contributed by atoms with Gasteiger partial charge in [0, 0.05) is 38.2 Å². The summed E-state index contributed by atoms with van der Waals surface area (Å²) in [6, 6.07) is 16.7. The molecule has 0 aliphatic carbocycles. The lowest BCUT2D eigenvalue weighted by atomic mass is 10.2. The zero-order chi connectivity index (χ0) is 18.4. The maximum absolute atomic E-state index is 12.7. The van der Waals surface area contributed by atoms with Gasteiger partial charge >= 0.3 is 0 Å². The molecule has 0 atom stereocenters. The number of para-hydroxylation sites is 1. The minimum Gasteiger partial charge on any atom is -0.457 e. The van der Waals surface area contributed by atoms with Crippen LogP contribution in [0.15, 0.2) is 54.6 Å². The van der Waals surface area contributed by atoms with Crippen molar-refractivity contribution in [3.63, 3.8) is 0 Å². The summed E-state index contributed by atoms with van der Waals surface area (Å²) >= 11 is 0. The Hall–Kier alpha value is -2.82. The summed E-state index contributed by atoms with van der Waals surface area (Å²) in [6.07, 6.45) is 1.32. The molecule has 136 valence electrons. The maximum Gasteiger partial charge on any atom is 0.253 e. The molecule has 5 nitrogen and oxygen atoms in total. The van der Waals surface area contributed by atoms with Gasteiger partial charge in [-0.1, -0.05) is 25.1 Å². The first-order chi connectivity index (χ1) is 12.7. The topological polar surface area (TPSA) is 49.9 Å². The van der Waals surface area contributed by atoms with E-state index in [1.165, 1.54) is 0 Å². The number of benzene rings is 2. The molecule has 2 amide bonds. The predicted molar refractivity (Wildman–Crippen MR) is 100 cm³/mol. The van der Waals surface area contributed by atoms with Gasteiger partial charge in [-0.2, -0.15) is 0 Å². The number of amides is 2. The molecule has 0 spiro atoms. The van der Waals surface area contributed by atoms with Crippen LogP contribution in [0.5, 0.6) is 11.5 Å². The van der Waals surface area contributed by atoms with Crippen LogP contribution in [0.1, 0.15) is 30.1 Å². The number of nitrogens with zero attached hydrogens (tertiary/aromatic N) is 2. The highest BCUT2D eigenvalue weighted by Crippen LogP contribution is 2.21. The maximum atomic E-state index is 12.7. The van der Waals surface area contributed by atoms with Crippen molar-refractivity contribution in [1.82, 2.24) is 9.80 Å². The van der Waals surface area contributed by atoms with E-state index in [2.05, 4.69) is 0 Å². The molecule has 0 saturated carbocycles. The number of hydrogen-bond donors (Lipinski definition) is 0. The summed E-state index contributed by atoms with van der Waals surface area (Å²) in [7, 11) is 0. The van der Waals surface area contributed by atoms with E-state index in [9.17, 15) is 9.59 Å². The fourth-order valence-corrected chi connectivity index (χ4v) is 3.07. The van der Waals surface area contributed by atoms with Gasteiger partial charge in [-0.25, -0.2) is 0 Å². The molecule has 3 rings (SSSR count). The van der Waals surface area contributed by atoms with Gasteiger partial charge in [-0.05, 0) is 42.8 Å². The molecule has 1 fully saturated rings. The fourth-order valence-electron chi connectivity index (χ4n) is 3.07. The van der Waals surface area contributed by atoms with Crippen LogP contribution >= 0.6 is 0 Å². The highest BCUT2D eigenvalue weighted by atomic mass is 16.5. The van der Waals surface area contributed by atoms with Crippen molar-refractivity contribution in [3.8, 4) is 11.5 Å². The molecule has 26 heavy (non-hydrogen) atoms.